The van der Waals surface area contributed by atoms with Gasteiger partial charge in [0.05, 0.1) is 0 Å². The third-order valence-electron chi connectivity index (χ3n) is 4.01. The highest BCUT2D eigenvalue weighted by atomic mass is 16.2. The van der Waals surface area contributed by atoms with Gasteiger partial charge in [0.2, 0.25) is 5.91 Å². The molecule has 0 radical (unpaired) electrons. The van der Waals surface area contributed by atoms with Crippen molar-refractivity contribution in [3.8, 4) is 0 Å². The quantitative estimate of drug-likeness (QED) is 0.672. The Kier molecular flexibility index (Phi) is 5.98. The number of anilines is 2. The molecule has 1 fully saturated rings. The van der Waals surface area contributed by atoms with Crippen molar-refractivity contribution < 1.29 is 9.59 Å². The number of carbonyl (C=O) groups excluding carboxylic acids is 2. The lowest BCUT2D eigenvalue weighted by molar-refractivity contribution is -0.117. The van der Waals surface area contributed by atoms with E-state index < -0.39 is 0 Å². The number of urea groups is 1. The van der Waals surface area contributed by atoms with Crippen molar-refractivity contribution in [1.29, 1.82) is 0 Å². The van der Waals surface area contributed by atoms with Gasteiger partial charge in [-0.15, -0.1) is 0 Å². The maximum absolute atomic E-state index is 12.1. The van der Waals surface area contributed by atoms with E-state index in [9.17, 15) is 9.59 Å². The van der Waals surface area contributed by atoms with E-state index in [-0.39, 0.29) is 29.9 Å². The molecule has 1 aliphatic carbocycles. The van der Waals surface area contributed by atoms with Gasteiger partial charge >= 0.3 is 6.03 Å². The van der Waals surface area contributed by atoms with E-state index in [2.05, 4.69) is 16.0 Å². The number of hydrogen-bond acceptors (Lipinski definition) is 3. The highest BCUT2D eigenvalue weighted by molar-refractivity contribution is 5.92. The predicted molar refractivity (Wildman–Crippen MR) is 92.3 cm³/mol. The first-order chi connectivity index (χ1) is 10.9. The Morgan fingerprint density at radius 1 is 1.13 bits per heavy atom. The Labute approximate surface area is 137 Å². The van der Waals surface area contributed by atoms with Crippen LogP contribution in [-0.4, -0.2) is 24.0 Å². The third-order valence-corrected chi connectivity index (χ3v) is 4.01. The van der Waals surface area contributed by atoms with Crippen LogP contribution in [0.4, 0.5) is 16.2 Å². The van der Waals surface area contributed by atoms with Gasteiger partial charge in [-0.2, -0.15) is 0 Å². The van der Waals surface area contributed by atoms with Crippen molar-refractivity contribution in [3.05, 3.63) is 24.3 Å². The molecule has 23 heavy (non-hydrogen) atoms. The highest BCUT2D eigenvalue weighted by Gasteiger charge is 2.25. The lowest BCUT2D eigenvalue weighted by Crippen LogP contribution is -2.34. The van der Waals surface area contributed by atoms with Crippen LogP contribution >= 0.6 is 0 Å². The molecule has 3 amide bonds. The average molecular weight is 318 g/mol. The van der Waals surface area contributed by atoms with E-state index >= 15 is 0 Å². The van der Waals surface area contributed by atoms with Crippen molar-refractivity contribution in [1.82, 2.24) is 5.32 Å². The van der Waals surface area contributed by atoms with Crippen LogP contribution in [0.5, 0.6) is 0 Å². The molecule has 6 heteroatoms. The van der Waals surface area contributed by atoms with Crippen LogP contribution in [-0.2, 0) is 4.79 Å². The van der Waals surface area contributed by atoms with Gasteiger partial charge in [0.1, 0.15) is 0 Å². The number of nitrogens with two attached hydrogens (primary N) is 1. The maximum Gasteiger partial charge on any atom is 0.319 e. The first-order valence-electron chi connectivity index (χ1n) is 8.17. The topological polar surface area (TPSA) is 96.2 Å². The van der Waals surface area contributed by atoms with Crippen molar-refractivity contribution in [2.75, 3.05) is 10.6 Å². The number of hydrogen-bond donors (Lipinski definition) is 4. The van der Waals surface area contributed by atoms with Crippen LogP contribution in [0.15, 0.2) is 24.3 Å². The summed E-state index contributed by atoms with van der Waals surface area (Å²) in [6, 6.07) is 7.05. The molecule has 0 aromatic heterocycles. The number of benzene rings is 1. The second-order valence-corrected chi connectivity index (χ2v) is 6.44. The van der Waals surface area contributed by atoms with Crippen molar-refractivity contribution >= 4 is 23.3 Å². The predicted octanol–water partition coefficient (Wildman–Crippen LogP) is 2.67. The minimum Gasteiger partial charge on any atom is -0.336 e. The molecule has 1 aliphatic rings. The lowest BCUT2D eigenvalue weighted by atomic mass is 10.00. The van der Waals surface area contributed by atoms with Crippen LogP contribution < -0.4 is 21.7 Å². The second-order valence-electron chi connectivity index (χ2n) is 6.44. The van der Waals surface area contributed by atoms with Crippen molar-refractivity contribution in [3.63, 3.8) is 0 Å². The minimum atomic E-state index is -0.244. The van der Waals surface area contributed by atoms with Crippen LogP contribution in [0.25, 0.3) is 0 Å². The monoisotopic (exact) mass is 318 g/mol. The van der Waals surface area contributed by atoms with Crippen LogP contribution in [0, 0.1) is 5.92 Å². The van der Waals surface area contributed by atoms with Gasteiger partial charge in [-0.25, -0.2) is 4.79 Å². The molecule has 5 N–H and O–H groups in total. The fraction of sp³-hybridized carbons (Fsp3) is 0.529. The molecule has 0 aliphatic heterocycles. The van der Waals surface area contributed by atoms with E-state index in [4.69, 9.17) is 5.73 Å². The maximum atomic E-state index is 12.1. The van der Waals surface area contributed by atoms with Gasteiger partial charge in [-0.1, -0.05) is 6.42 Å². The molecule has 0 bridgehead atoms. The minimum absolute atomic E-state index is 0.00869. The third kappa shape index (κ3) is 5.56. The standard InChI is InChI=1S/C17H26N4O2/c1-11(2)19-17(23)21-14-8-6-13(7-9-14)20-16(22)10-12-4-3-5-15(12)18/h6-9,11-12,15H,3-5,10,18H2,1-2H3,(H,20,22)(H2,19,21,23)/t12-,15+/m0/s1. The first-order valence-corrected chi connectivity index (χ1v) is 8.17. The molecule has 126 valence electrons. The molecule has 0 unspecified atom stereocenters. The van der Waals surface area contributed by atoms with Gasteiger partial charge < -0.3 is 21.7 Å². The van der Waals surface area contributed by atoms with Crippen LogP contribution in [0.3, 0.4) is 0 Å². The highest BCUT2D eigenvalue weighted by Crippen LogP contribution is 2.27. The van der Waals surface area contributed by atoms with E-state index in [0.717, 1.165) is 24.9 Å². The molecular weight excluding hydrogens is 292 g/mol. The summed E-state index contributed by atoms with van der Waals surface area (Å²) in [6.07, 6.45) is 3.62. The van der Waals surface area contributed by atoms with Gasteiger partial charge in [0.25, 0.3) is 0 Å². The number of nitrogens with one attached hydrogen (secondary N) is 3. The molecule has 2 atom stereocenters. The number of rotatable bonds is 5. The fourth-order valence-corrected chi connectivity index (χ4v) is 2.84. The SMILES string of the molecule is CC(C)NC(=O)Nc1ccc(NC(=O)C[C@@H]2CCC[C@H]2N)cc1. The van der Waals surface area contributed by atoms with Crippen molar-refractivity contribution in [2.45, 2.75) is 51.6 Å². The largest absolute Gasteiger partial charge is 0.336 e. The summed E-state index contributed by atoms with van der Waals surface area (Å²) in [5.74, 6) is 0.279. The van der Waals surface area contributed by atoms with Gasteiger partial charge in [-0.05, 0) is 56.9 Å². The fourth-order valence-electron chi connectivity index (χ4n) is 2.84. The zero-order valence-electron chi connectivity index (χ0n) is 13.8. The Morgan fingerprint density at radius 3 is 2.26 bits per heavy atom. The summed E-state index contributed by atoms with van der Waals surface area (Å²) in [5.41, 5.74) is 7.39. The Morgan fingerprint density at radius 2 is 1.74 bits per heavy atom. The molecule has 2 rings (SSSR count). The zero-order chi connectivity index (χ0) is 16.8. The molecule has 0 saturated heterocycles. The summed E-state index contributed by atoms with van der Waals surface area (Å²) < 4.78 is 0. The lowest BCUT2D eigenvalue weighted by Gasteiger charge is -2.15. The van der Waals surface area contributed by atoms with Crippen LogP contribution in [0.1, 0.15) is 39.5 Å². The van der Waals surface area contributed by atoms with Gasteiger partial charge in [0.15, 0.2) is 0 Å². The smallest absolute Gasteiger partial charge is 0.319 e. The van der Waals surface area contributed by atoms with Crippen LogP contribution in [0.2, 0.25) is 0 Å². The van der Waals surface area contributed by atoms with E-state index in [0.29, 0.717) is 12.1 Å². The number of amides is 3. The van der Waals surface area contributed by atoms with E-state index in [1.54, 1.807) is 24.3 Å². The molecule has 6 nitrogen and oxygen atoms in total. The molecule has 1 aromatic rings. The number of carbonyl (C=O) groups is 2. The van der Waals surface area contributed by atoms with Gasteiger partial charge in [-0.3, -0.25) is 4.79 Å². The Bertz CT molecular complexity index is 542. The molecular formula is C17H26N4O2. The summed E-state index contributed by atoms with van der Waals surface area (Å²) in [7, 11) is 0. The van der Waals surface area contributed by atoms with E-state index in [1.165, 1.54) is 0 Å². The average Bonchev–Trinajstić information content (AvgIpc) is 2.85. The summed E-state index contributed by atoms with van der Waals surface area (Å²) in [5, 5.41) is 8.37. The summed E-state index contributed by atoms with van der Waals surface area (Å²) >= 11 is 0. The normalized spacial score (nSPS) is 20.3. The zero-order valence-corrected chi connectivity index (χ0v) is 13.8. The van der Waals surface area contributed by atoms with Gasteiger partial charge in [0, 0.05) is 29.9 Å². The van der Waals surface area contributed by atoms with Crippen molar-refractivity contribution in [2.24, 2.45) is 11.7 Å². The summed E-state index contributed by atoms with van der Waals surface area (Å²) in [4.78, 5) is 23.7. The Hall–Kier alpha value is -2.08. The first kappa shape index (κ1) is 17.3. The Balaban J connectivity index is 1.82. The molecule has 1 saturated carbocycles. The molecule has 0 heterocycles. The second kappa shape index (κ2) is 7.97. The molecule has 0 spiro atoms. The molecule has 1 aromatic carbocycles. The summed E-state index contributed by atoms with van der Waals surface area (Å²) in [6.45, 7) is 3.79. The van der Waals surface area contributed by atoms with E-state index in [1.807, 2.05) is 13.8 Å².